The summed E-state index contributed by atoms with van der Waals surface area (Å²) >= 11 is 5.54. The molecule has 3 rings (SSSR count). The Kier molecular flexibility index (Phi) is 4.99. The quantitative estimate of drug-likeness (QED) is 0.826. The molecular weight excluding hydrogens is 280 g/mol. The zero-order chi connectivity index (χ0) is 14.7. The number of hydrogen-bond acceptors (Lipinski definition) is 3. The first-order chi connectivity index (χ1) is 10.3. The summed E-state index contributed by atoms with van der Waals surface area (Å²) in [5.74, 6) is 1.12. The molecule has 1 aliphatic heterocycles. The molecule has 118 valence electrons. The van der Waals surface area contributed by atoms with Crippen molar-refractivity contribution < 1.29 is 0 Å². The summed E-state index contributed by atoms with van der Waals surface area (Å²) in [6, 6.07) is 1.21. The SMILES string of the molecule is CCCC1CCCCN1c1n[nH]c(=S)n1C1CCCCC1. The summed E-state index contributed by atoms with van der Waals surface area (Å²) in [5.41, 5.74) is 0. The zero-order valence-corrected chi connectivity index (χ0v) is 14.0. The van der Waals surface area contributed by atoms with Crippen LogP contribution in [0.2, 0.25) is 0 Å². The van der Waals surface area contributed by atoms with Crippen molar-refractivity contribution in [3.8, 4) is 0 Å². The van der Waals surface area contributed by atoms with Crippen molar-refractivity contribution in [3.63, 3.8) is 0 Å². The largest absolute Gasteiger partial charge is 0.338 e. The van der Waals surface area contributed by atoms with Crippen molar-refractivity contribution in [2.45, 2.75) is 83.2 Å². The lowest BCUT2D eigenvalue weighted by Crippen LogP contribution is -2.41. The van der Waals surface area contributed by atoms with Gasteiger partial charge >= 0.3 is 0 Å². The Morgan fingerprint density at radius 3 is 2.67 bits per heavy atom. The summed E-state index contributed by atoms with van der Waals surface area (Å²) in [6.45, 7) is 3.42. The number of piperidine rings is 1. The topological polar surface area (TPSA) is 36.9 Å². The van der Waals surface area contributed by atoms with E-state index >= 15 is 0 Å². The lowest BCUT2D eigenvalue weighted by Gasteiger charge is -2.37. The number of aromatic amines is 1. The molecule has 1 atom stereocenters. The molecule has 1 aromatic rings. The molecule has 1 saturated heterocycles. The maximum absolute atomic E-state index is 5.54. The predicted molar refractivity (Wildman–Crippen MR) is 89.4 cm³/mol. The van der Waals surface area contributed by atoms with Crippen LogP contribution in [0.3, 0.4) is 0 Å². The van der Waals surface area contributed by atoms with Crippen LogP contribution in [0, 0.1) is 4.77 Å². The molecule has 1 unspecified atom stereocenters. The molecule has 0 amide bonds. The van der Waals surface area contributed by atoms with Gasteiger partial charge in [-0.25, -0.2) is 5.10 Å². The minimum Gasteiger partial charge on any atom is -0.338 e. The van der Waals surface area contributed by atoms with Crippen LogP contribution in [0.4, 0.5) is 5.95 Å². The van der Waals surface area contributed by atoms with Crippen molar-refractivity contribution >= 4 is 18.2 Å². The van der Waals surface area contributed by atoms with E-state index in [0.717, 1.165) is 17.3 Å². The second-order valence-corrected chi connectivity index (χ2v) is 7.01. The predicted octanol–water partition coefficient (Wildman–Crippen LogP) is 4.60. The number of nitrogens with zero attached hydrogens (tertiary/aromatic N) is 3. The lowest BCUT2D eigenvalue weighted by atomic mass is 9.95. The first kappa shape index (κ1) is 15.1. The Bertz CT molecular complexity index is 499. The molecule has 5 heteroatoms. The minimum absolute atomic E-state index is 0.559. The van der Waals surface area contributed by atoms with Crippen LogP contribution in [-0.4, -0.2) is 27.4 Å². The molecule has 4 nitrogen and oxygen atoms in total. The molecular formula is C16H28N4S. The lowest BCUT2D eigenvalue weighted by molar-refractivity contribution is 0.342. The molecule has 0 aromatic carbocycles. The normalized spacial score (nSPS) is 24.4. The fourth-order valence-electron chi connectivity index (χ4n) is 4.06. The maximum Gasteiger partial charge on any atom is 0.226 e. The van der Waals surface area contributed by atoms with E-state index < -0.39 is 0 Å². The van der Waals surface area contributed by atoms with Crippen molar-refractivity contribution in [2.75, 3.05) is 11.4 Å². The van der Waals surface area contributed by atoms with Gasteiger partial charge in [0, 0.05) is 18.6 Å². The van der Waals surface area contributed by atoms with Gasteiger partial charge in [0.1, 0.15) is 0 Å². The van der Waals surface area contributed by atoms with Crippen molar-refractivity contribution in [2.24, 2.45) is 0 Å². The van der Waals surface area contributed by atoms with E-state index in [1.165, 1.54) is 64.2 Å². The van der Waals surface area contributed by atoms with Crippen LogP contribution < -0.4 is 4.90 Å². The summed E-state index contributed by atoms with van der Waals surface area (Å²) in [4.78, 5) is 2.54. The number of hydrogen-bond donors (Lipinski definition) is 1. The molecule has 0 bridgehead atoms. The fourth-order valence-corrected chi connectivity index (χ4v) is 4.34. The van der Waals surface area contributed by atoms with Crippen LogP contribution in [0.15, 0.2) is 0 Å². The van der Waals surface area contributed by atoms with Crippen molar-refractivity contribution in [3.05, 3.63) is 4.77 Å². The molecule has 1 N–H and O–H groups in total. The molecule has 1 aromatic heterocycles. The van der Waals surface area contributed by atoms with Crippen LogP contribution in [0.1, 0.15) is 77.2 Å². The fraction of sp³-hybridized carbons (Fsp3) is 0.875. The average Bonchev–Trinajstić information content (AvgIpc) is 2.91. The Hall–Kier alpha value is -0.840. The van der Waals surface area contributed by atoms with Crippen LogP contribution in [0.5, 0.6) is 0 Å². The van der Waals surface area contributed by atoms with Crippen LogP contribution in [0.25, 0.3) is 0 Å². The summed E-state index contributed by atoms with van der Waals surface area (Å²) in [5, 5.41) is 7.69. The first-order valence-electron chi connectivity index (χ1n) is 8.74. The molecule has 1 aliphatic carbocycles. The molecule has 0 radical (unpaired) electrons. The van der Waals surface area contributed by atoms with Gasteiger partial charge in [0.05, 0.1) is 0 Å². The molecule has 0 spiro atoms. The first-order valence-corrected chi connectivity index (χ1v) is 9.15. The maximum atomic E-state index is 5.54. The molecule has 21 heavy (non-hydrogen) atoms. The molecule has 2 heterocycles. The Morgan fingerprint density at radius 1 is 1.14 bits per heavy atom. The van der Waals surface area contributed by atoms with Crippen LogP contribution in [-0.2, 0) is 0 Å². The summed E-state index contributed by atoms with van der Waals surface area (Å²) in [6.07, 6.45) is 13.0. The van der Waals surface area contributed by atoms with E-state index in [1.807, 2.05) is 0 Å². The van der Waals surface area contributed by atoms with E-state index in [9.17, 15) is 0 Å². The highest BCUT2D eigenvalue weighted by Crippen LogP contribution is 2.33. The highest BCUT2D eigenvalue weighted by Gasteiger charge is 2.28. The standard InChI is InChI=1S/C16H28N4S/c1-2-8-13-9-6-7-12-19(13)15-17-18-16(21)20(15)14-10-4-3-5-11-14/h13-14H,2-12H2,1H3,(H,18,21). The number of aromatic nitrogens is 3. The van der Waals surface area contributed by atoms with Gasteiger partial charge in [0.2, 0.25) is 5.95 Å². The van der Waals surface area contributed by atoms with Gasteiger partial charge in [0.15, 0.2) is 4.77 Å². The van der Waals surface area contributed by atoms with E-state index in [4.69, 9.17) is 12.2 Å². The van der Waals surface area contributed by atoms with Gasteiger partial charge < -0.3 is 4.90 Å². The number of H-pyrrole nitrogens is 1. The van der Waals surface area contributed by atoms with Gasteiger partial charge in [-0.1, -0.05) is 32.6 Å². The Balaban J connectivity index is 1.88. The second kappa shape index (κ2) is 6.95. The van der Waals surface area contributed by atoms with Gasteiger partial charge in [-0.3, -0.25) is 4.57 Å². The van der Waals surface area contributed by atoms with Gasteiger partial charge in [-0.05, 0) is 50.7 Å². The molecule has 1 saturated carbocycles. The molecule has 2 fully saturated rings. The summed E-state index contributed by atoms with van der Waals surface area (Å²) < 4.78 is 3.15. The van der Waals surface area contributed by atoms with Gasteiger partial charge in [-0.15, -0.1) is 5.10 Å². The third kappa shape index (κ3) is 3.17. The Labute approximate surface area is 132 Å². The second-order valence-electron chi connectivity index (χ2n) is 6.62. The van der Waals surface area contributed by atoms with Crippen molar-refractivity contribution in [1.29, 1.82) is 0 Å². The van der Waals surface area contributed by atoms with Gasteiger partial charge in [-0.2, -0.15) is 0 Å². The van der Waals surface area contributed by atoms with Gasteiger partial charge in [0.25, 0.3) is 0 Å². The third-order valence-electron chi connectivity index (χ3n) is 5.13. The zero-order valence-electron chi connectivity index (χ0n) is 13.2. The Morgan fingerprint density at radius 2 is 1.90 bits per heavy atom. The highest BCUT2D eigenvalue weighted by molar-refractivity contribution is 7.71. The smallest absolute Gasteiger partial charge is 0.226 e. The average molecular weight is 308 g/mol. The number of anilines is 1. The monoisotopic (exact) mass is 308 g/mol. The van der Waals surface area contributed by atoms with E-state index in [1.54, 1.807) is 0 Å². The number of rotatable bonds is 4. The number of nitrogens with one attached hydrogen (secondary N) is 1. The van der Waals surface area contributed by atoms with Crippen molar-refractivity contribution in [1.82, 2.24) is 14.8 Å². The summed E-state index contributed by atoms with van der Waals surface area (Å²) in [7, 11) is 0. The van der Waals surface area contributed by atoms with E-state index in [2.05, 4.69) is 26.6 Å². The minimum atomic E-state index is 0.559. The molecule has 2 aliphatic rings. The van der Waals surface area contributed by atoms with Crippen LogP contribution >= 0.6 is 12.2 Å². The third-order valence-corrected chi connectivity index (χ3v) is 5.42. The highest BCUT2D eigenvalue weighted by atomic mass is 32.1. The van der Waals surface area contributed by atoms with E-state index in [0.29, 0.717) is 12.1 Å². The van der Waals surface area contributed by atoms with E-state index in [-0.39, 0.29) is 0 Å².